The summed E-state index contributed by atoms with van der Waals surface area (Å²) in [6.45, 7) is 2.10. The van der Waals surface area contributed by atoms with Gasteiger partial charge in [0.2, 0.25) is 5.95 Å². The molecule has 0 bridgehead atoms. The Morgan fingerprint density at radius 1 is 1.50 bits per heavy atom. The van der Waals surface area contributed by atoms with Crippen LogP contribution in [0, 0.1) is 0 Å². The van der Waals surface area contributed by atoms with Crippen LogP contribution < -0.4 is 5.32 Å². The van der Waals surface area contributed by atoms with E-state index in [1.807, 2.05) is 6.92 Å². The molecule has 0 aliphatic rings. The van der Waals surface area contributed by atoms with Gasteiger partial charge in [-0.2, -0.15) is 13.2 Å². The number of hydrogen-bond acceptors (Lipinski definition) is 4. The van der Waals surface area contributed by atoms with Gasteiger partial charge >= 0.3 is 6.18 Å². The van der Waals surface area contributed by atoms with Crippen LogP contribution in [0.25, 0.3) is 0 Å². The van der Waals surface area contributed by atoms with E-state index in [2.05, 4.69) is 15.3 Å². The fourth-order valence-corrected chi connectivity index (χ4v) is 1.40. The van der Waals surface area contributed by atoms with E-state index >= 15 is 0 Å². The van der Waals surface area contributed by atoms with Crippen LogP contribution in [0.3, 0.4) is 0 Å². The van der Waals surface area contributed by atoms with Crippen LogP contribution in [0.5, 0.6) is 0 Å². The second-order valence-corrected chi connectivity index (χ2v) is 4.07. The van der Waals surface area contributed by atoms with Crippen LogP contribution in [-0.2, 0) is 6.18 Å². The summed E-state index contributed by atoms with van der Waals surface area (Å²) in [4.78, 5) is 6.94. The molecule has 1 atom stereocenters. The third-order valence-corrected chi connectivity index (χ3v) is 2.52. The van der Waals surface area contributed by atoms with E-state index in [-0.39, 0.29) is 12.5 Å². The summed E-state index contributed by atoms with van der Waals surface area (Å²) < 4.78 is 37.5. The Balaban J connectivity index is 2.68. The number of aliphatic hydroxyl groups excluding tert-OH is 1. The molecule has 0 saturated carbocycles. The Morgan fingerprint density at radius 3 is 2.72 bits per heavy atom. The van der Waals surface area contributed by atoms with E-state index in [0.29, 0.717) is 12.8 Å². The van der Waals surface area contributed by atoms with Crippen molar-refractivity contribution >= 4 is 17.5 Å². The largest absolute Gasteiger partial charge is 0.435 e. The molecule has 4 nitrogen and oxygen atoms in total. The van der Waals surface area contributed by atoms with Crippen molar-refractivity contribution in [3.63, 3.8) is 0 Å². The monoisotopic (exact) mass is 283 g/mol. The highest BCUT2D eigenvalue weighted by atomic mass is 35.5. The molecule has 18 heavy (non-hydrogen) atoms. The third-order valence-electron chi connectivity index (χ3n) is 2.24. The molecular formula is C10H13ClF3N3O. The van der Waals surface area contributed by atoms with Gasteiger partial charge in [-0.05, 0) is 12.8 Å². The molecule has 0 aliphatic carbocycles. The SMILES string of the molecule is CCC(O)CCNc1ncc(Cl)c(C(F)(F)F)n1. The first kappa shape index (κ1) is 15.0. The van der Waals surface area contributed by atoms with Gasteiger partial charge in [0, 0.05) is 6.54 Å². The number of halogens is 4. The lowest BCUT2D eigenvalue weighted by Gasteiger charge is -2.11. The number of nitrogens with zero attached hydrogens (tertiary/aromatic N) is 2. The highest BCUT2D eigenvalue weighted by molar-refractivity contribution is 6.31. The summed E-state index contributed by atoms with van der Waals surface area (Å²) >= 11 is 5.38. The van der Waals surface area contributed by atoms with Crippen molar-refractivity contribution in [3.8, 4) is 0 Å². The molecule has 102 valence electrons. The molecule has 1 rings (SSSR count). The topological polar surface area (TPSA) is 58.0 Å². The number of aliphatic hydroxyl groups is 1. The summed E-state index contributed by atoms with van der Waals surface area (Å²) in [5.74, 6) is -0.157. The van der Waals surface area contributed by atoms with Gasteiger partial charge in [0.15, 0.2) is 5.69 Å². The van der Waals surface area contributed by atoms with Gasteiger partial charge in [-0.25, -0.2) is 9.97 Å². The zero-order valence-corrected chi connectivity index (χ0v) is 10.4. The Kier molecular flexibility index (Phi) is 5.15. The third kappa shape index (κ3) is 4.30. The summed E-state index contributed by atoms with van der Waals surface area (Å²) in [5, 5.41) is 11.4. The molecule has 2 N–H and O–H groups in total. The van der Waals surface area contributed by atoms with Crippen molar-refractivity contribution in [2.45, 2.75) is 32.0 Å². The Labute approximate surface area is 107 Å². The van der Waals surface area contributed by atoms with Crippen molar-refractivity contribution < 1.29 is 18.3 Å². The number of anilines is 1. The molecule has 0 amide bonds. The molecule has 1 heterocycles. The van der Waals surface area contributed by atoms with Gasteiger partial charge < -0.3 is 10.4 Å². The minimum absolute atomic E-state index is 0.157. The van der Waals surface area contributed by atoms with E-state index in [1.54, 1.807) is 0 Å². The summed E-state index contributed by atoms with van der Waals surface area (Å²) in [6, 6.07) is 0. The molecular weight excluding hydrogens is 271 g/mol. The number of rotatable bonds is 5. The molecule has 1 unspecified atom stereocenters. The molecule has 0 saturated heterocycles. The lowest BCUT2D eigenvalue weighted by Crippen LogP contribution is -2.16. The molecule has 1 aromatic heterocycles. The summed E-state index contributed by atoms with van der Waals surface area (Å²) in [6.07, 6.45) is -3.22. The van der Waals surface area contributed by atoms with Crippen LogP contribution in [0.15, 0.2) is 6.20 Å². The average Bonchev–Trinajstić information content (AvgIpc) is 2.29. The smallest absolute Gasteiger partial charge is 0.393 e. The second kappa shape index (κ2) is 6.19. The lowest BCUT2D eigenvalue weighted by atomic mass is 10.2. The van der Waals surface area contributed by atoms with Crippen molar-refractivity contribution in [2.75, 3.05) is 11.9 Å². The zero-order chi connectivity index (χ0) is 13.8. The van der Waals surface area contributed by atoms with E-state index in [0.717, 1.165) is 6.20 Å². The first-order chi connectivity index (χ1) is 8.34. The van der Waals surface area contributed by atoms with Gasteiger partial charge in [0.1, 0.15) is 0 Å². The second-order valence-electron chi connectivity index (χ2n) is 3.67. The Morgan fingerprint density at radius 2 is 2.17 bits per heavy atom. The minimum Gasteiger partial charge on any atom is -0.393 e. The number of aromatic nitrogens is 2. The van der Waals surface area contributed by atoms with Crippen molar-refractivity contribution in [1.82, 2.24) is 9.97 Å². The normalized spacial score (nSPS) is 13.4. The van der Waals surface area contributed by atoms with E-state index in [4.69, 9.17) is 11.6 Å². The highest BCUT2D eigenvalue weighted by Gasteiger charge is 2.35. The number of nitrogens with one attached hydrogen (secondary N) is 1. The molecule has 0 radical (unpaired) electrons. The molecule has 0 spiro atoms. The Bertz CT molecular complexity index is 400. The van der Waals surface area contributed by atoms with Gasteiger partial charge in [0.25, 0.3) is 0 Å². The standard InChI is InChI=1S/C10H13ClF3N3O/c1-2-6(18)3-4-15-9-16-5-7(11)8(17-9)10(12,13)14/h5-6,18H,2-4H2,1H3,(H,15,16,17). The number of hydrogen-bond donors (Lipinski definition) is 2. The predicted molar refractivity (Wildman–Crippen MR) is 61.4 cm³/mol. The number of alkyl halides is 3. The van der Waals surface area contributed by atoms with Crippen LogP contribution in [0.4, 0.5) is 19.1 Å². The molecule has 1 aromatic rings. The molecule has 0 aromatic carbocycles. The highest BCUT2D eigenvalue weighted by Crippen LogP contribution is 2.32. The zero-order valence-electron chi connectivity index (χ0n) is 9.63. The summed E-state index contributed by atoms with van der Waals surface area (Å²) in [5.41, 5.74) is -1.17. The quantitative estimate of drug-likeness (QED) is 0.872. The molecule has 0 aliphatic heterocycles. The lowest BCUT2D eigenvalue weighted by molar-refractivity contribution is -0.141. The van der Waals surface area contributed by atoms with E-state index < -0.39 is 23.0 Å². The van der Waals surface area contributed by atoms with Gasteiger partial charge in [0.05, 0.1) is 17.3 Å². The fraction of sp³-hybridized carbons (Fsp3) is 0.600. The van der Waals surface area contributed by atoms with Gasteiger partial charge in [-0.1, -0.05) is 18.5 Å². The predicted octanol–water partition coefficient (Wildman–Crippen LogP) is 2.72. The van der Waals surface area contributed by atoms with Crippen LogP contribution >= 0.6 is 11.6 Å². The van der Waals surface area contributed by atoms with Crippen LogP contribution in [-0.4, -0.2) is 27.7 Å². The maximum absolute atomic E-state index is 12.5. The maximum atomic E-state index is 12.5. The minimum atomic E-state index is -4.61. The fourth-order valence-electron chi connectivity index (χ4n) is 1.21. The average molecular weight is 284 g/mol. The van der Waals surface area contributed by atoms with Crippen LogP contribution in [0.1, 0.15) is 25.5 Å². The summed E-state index contributed by atoms with van der Waals surface area (Å²) in [7, 11) is 0. The van der Waals surface area contributed by atoms with Crippen LogP contribution in [0.2, 0.25) is 5.02 Å². The first-order valence-corrected chi connectivity index (χ1v) is 5.74. The van der Waals surface area contributed by atoms with E-state index in [1.165, 1.54) is 0 Å². The molecule has 0 fully saturated rings. The maximum Gasteiger partial charge on any atom is 0.435 e. The molecule has 8 heteroatoms. The van der Waals surface area contributed by atoms with Gasteiger partial charge in [-0.3, -0.25) is 0 Å². The Hall–Kier alpha value is -1.08. The van der Waals surface area contributed by atoms with Crippen molar-refractivity contribution in [2.24, 2.45) is 0 Å². The first-order valence-electron chi connectivity index (χ1n) is 5.36. The van der Waals surface area contributed by atoms with E-state index in [9.17, 15) is 18.3 Å². The van der Waals surface area contributed by atoms with Gasteiger partial charge in [-0.15, -0.1) is 0 Å². The van der Waals surface area contributed by atoms with Crippen molar-refractivity contribution in [1.29, 1.82) is 0 Å². The van der Waals surface area contributed by atoms with Crippen molar-refractivity contribution in [3.05, 3.63) is 16.9 Å².